The zero-order valence-electron chi connectivity index (χ0n) is 20.1. The summed E-state index contributed by atoms with van der Waals surface area (Å²) in [7, 11) is -3.92. The van der Waals surface area contributed by atoms with Crippen molar-refractivity contribution >= 4 is 50.5 Å². The number of nitrogens with zero attached hydrogens (tertiary/aromatic N) is 2. The molecule has 2 heterocycles. The van der Waals surface area contributed by atoms with Crippen LogP contribution in [-0.2, 0) is 26.0 Å². The largest absolute Gasteiger partial charge is 0.330 e. The summed E-state index contributed by atoms with van der Waals surface area (Å²) in [5.41, 5.74) is 2.51. The fraction of sp³-hybridized carbons (Fsp3) is 0.308. The van der Waals surface area contributed by atoms with Crippen molar-refractivity contribution in [2.75, 3.05) is 25.0 Å². The Morgan fingerprint density at radius 3 is 2.44 bits per heavy atom. The minimum atomic E-state index is -3.92. The van der Waals surface area contributed by atoms with Gasteiger partial charge < -0.3 is 10.2 Å². The first-order chi connectivity index (χ1) is 17.2. The molecule has 0 radical (unpaired) electrons. The smallest absolute Gasteiger partial charge is 0.243 e. The molecule has 1 aliphatic rings. The molecule has 0 fully saturated rings. The molecule has 0 bridgehead atoms. The van der Waals surface area contributed by atoms with Gasteiger partial charge in [-0.2, -0.15) is 4.31 Å². The first-order valence-corrected chi connectivity index (χ1v) is 14.4. The number of hydrogen-bond acceptors (Lipinski definition) is 5. The summed E-state index contributed by atoms with van der Waals surface area (Å²) in [6, 6.07) is 15.2. The van der Waals surface area contributed by atoms with Crippen LogP contribution in [0.4, 0.5) is 5.69 Å². The zero-order chi connectivity index (χ0) is 25.9. The number of halogens is 1. The van der Waals surface area contributed by atoms with E-state index in [2.05, 4.69) is 5.32 Å². The van der Waals surface area contributed by atoms with Crippen molar-refractivity contribution in [2.24, 2.45) is 0 Å². The van der Waals surface area contributed by atoms with E-state index in [1.54, 1.807) is 40.5 Å². The molecule has 0 aliphatic carbocycles. The monoisotopic (exact) mass is 545 g/mol. The van der Waals surface area contributed by atoms with Gasteiger partial charge in [0.15, 0.2) is 0 Å². The van der Waals surface area contributed by atoms with Crippen LogP contribution in [-0.4, -0.2) is 49.1 Å². The van der Waals surface area contributed by atoms with Gasteiger partial charge in [0.2, 0.25) is 21.8 Å². The predicted molar refractivity (Wildman–Crippen MR) is 143 cm³/mol. The van der Waals surface area contributed by atoms with Gasteiger partial charge >= 0.3 is 0 Å². The highest BCUT2D eigenvalue weighted by Gasteiger charge is 2.35. The minimum absolute atomic E-state index is 0.0749. The van der Waals surface area contributed by atoms with Gasteiger partial charge in [-0.3, -0.25) is 9.59 Å². The third-order valence-electron chi connectivity index (χ3n) is 6.07. The lowest BCUT2D eigenvalue weighted by molar-refractivity contribution is -0.133. The zero-order valence-corrected chi connectivity index (χ0v) is 22.5. The van der Waals surface area contributed by atoms with Crippen molar-refractivity contribution in [3.05, 3.63) is 81.0 Å². The number of nitrogens with one attached hydrogen (secondary N) is 1. The number of hydrogen-bond donors (Lipinski definition) is 1. The predicted octanol–water partition coefficient (Wildman–Crippen LogP) is 4.93. The topological polar surface area (TPSA) is 86.8 Å². The van der Waals surface area contributed by atoms with Crippen LogP contribution in [0, 0.1) is 0 Å². The van der Waals surface area contributed by atoms with Crippen molar-refractivity contribution < 1.29 is 18.0 Å². The summed E-state index contributed by atoms with van der Waals surface area (Å²) in [6.07, 6.45) is 1.29. The Morgan fingerprint density at radius 2 is 1.81 bits per heavy atom. The van der Waals surface area contributed by atoms with E-state index < -0.39 is 10.0 Å². The molecule has 1 unspecified atom stereocenters. The first-order valence-electron chi connectivity index (χ1n) is 11.7. The fourth-order valence-corrected chi connectivity index (χ4v) is 6.94. The van der Waals surface area contributed by atoms with Crippen LogP contribution in [0.15, 0.2) is 64.9 Å². The van der Waals surface area contributed by atoms with Crippen molar-refractivity contribution in [2.45, 2.75) is 37.6 Å². The molecule has 0 saturated heterocycles. The van der Waals surface area contributed by atoms with Crippen LogP contribution in [0.25, 0.3) is 0 Å². The summed E-state index contributed by atoms with van der Waals surface area (Å²) in [6.45, 7) is 3.72. The molecule has 190 valence electrons. The SMILES string of the molecule is CCCN(CC(=O)N1CCc2sccc2C1c1ccc(Cl)cc1)S(=O)(=O)c1ccc(NC(C)=O)cc1. The van der Waals surface area contributed by atoms with Gasteiger partial charge in [-0.05, 0) is 71.8 Å². The molecule has 2 aromatic carbocycles. The highest BCUT2D eigenvalue weighted by Crippen LogP contribution is 2.38. The van der Waals surface area contributed by atoms with E-state index in [9.17, 15) is 18.0 Å². The second-order valence-electron chi connectivity index (χ2n) is 8.63. The third-order valence-corrected chi connectivity index (χ3v) is 9.18. The molecule has 0 saturated carbocycles. The number of benzene rings is 2. The number of carbonyl (C=O) groups excluding carboxylic acids is 2. The average molecular weight is 546 g/mol. The first kappa shape index (κ1) is 26.3. The maximum atomic E-state index is 13.7. The molecule has 1 aliphatic heterocycles. The lowest BCUT2D eigenvalue weighted by Crippen LogP contribution is -2.46. The lowest BCUT2D eigenvalue weighted by Gasteiger charge is -2.37. The van der Waals surface area contributed by atoms with Crippen molar-refractivity contribution in [1.82, 2.24) is 9.21 Å². The Kier molecular flexibility index (Phi) is 8.14. The highest BCUT2D eigenvalue weighted by atomic mass is 35.5. The van der Waals surface area contributed by atoms with Crippen LogP contribution in [0.2, 0.25) is 5.02 Å². The molecule has 1 N–H and O–H groups in total. The maximum absolute atomic E-state index is 13.7. The molecule has 2 amide bonds. The molecular weight excluding hydrogens is 518 g/mol. The van der Waals surface area contributed by atoms with E-state index in [4.69, 9.17) is 11.6 Å². The molecule has 10 heteroatoms. The van der Waals surface area contributed by atoms with Gasteiger partial charge in [-0.15, -0.1) is 11.3 Å². The van der Waals surface area contributed by atoms with Crippen LogP contribution >= 0.6 is 22.9 Å². The molecule has 3 aromatic rings. The fourth-order valence-electron chi connectivity index (χ4n) is 4.43. The Morgan fingerprint density at radius 1 is 1.11 bits per heavy atom. The summed E-state index contributed by atoms with van der Waals surface area (Å²) in [5, 5.41) is 5.27. The molecule has 36 heavy (non-hydrogen) atoms. The second kappa shape index (κ2) is 11.1. The Bertz CT molecular complexity index is 1340. The molecular formula is C26H28ClN3O4S2. The van der Waals surface area contributed by atoms with Gasteiger partial charge in [0, 0.05) is 35.6 Å². The van der Waals surface area contributed by atoms with Gasteiger partial charge in [-0.1, -0.05) is 30.7 Å². The van der Waals surface area contributed by atoms with Crippen molar-refractivity contribution in [1.29, 1.82) is 0 Å². The second-order valence-corrected chi connectivity index (χ2v) is 12.0. The molecule has 0 spiro atoms. The summed E-state index contributed by atoms with van der Waals surface area (Å²) >= 11 is 7.78. The number of amides is 2. The Labute approximate surface area is 220 Å². The standard InChI is InChI=1S/C26H28ClN3O4S2/c1-3-14-29(36(33,34)22-10-8-21(9-11-22)28-18(2)31)17-25(32)30-15-12-24-23(13-16-35-24)26(30)19-4-6-20(27)7-5-19/h4-11,13,16,26H,3,12,14-15,17H2,1-2H3,(H,28,31). The summed E-state index contributed by atoms with van der Waals surface area (Å²) < 4.78 is 28.2. The molecule has 1 aromatic heterocycles. The summed E-state index contributed by atoms with van der Waals surface area (Å²) in [5.74, 6) is -0.493. The highest BCUT2D eigenvalue weighted by molar-refractivity contribution is 7.89. The van der Waals surface area contributed by atoms with Crippen molar-refractivity contribution in [3.8, 4) is 0 Å². The van der Waals surface area contributed by atoms with Crippen LogP contribution in [0.3, 0.4) is 0 Å². The van der Waals surface area contributed by atoms with E-state index in [0.29, 0.717) is 23.7 Å². The van der Waals surface area contributed by atoms with Crippen LogP contribution in [0.1, 0.15) is 42.3 Å². The normalized spacial score (nSPS) is 15.6. The van der Waals surface area contributed by atoms with Gasteiger partial charge in [0.05, 0.1) is 17.5 Å². The van der Waals surface area contributed by atoms with E-state index in [1.165, 1.54) is 28.2 Å². The Balaban J connectivity index is 1.61. The minimum Gasteiger partial charge on any atom is -0.330 e. The third kappa shape index (κ3) is 5.64. The van der Waals surface area contributed by atoms with E-state index in [-0.39, 0.29) is 35.8 Å². The molecule has 7 nitrogen and oxygen atoms in total. The van der Waals surface area contributed by atoms with Crippen LogP contribution in [0.5, 0.6) is 0 Å². The van der Waals surface area contributed by atoms with Crippen LogP contribution < -0.4 is 5.32 Å². The lowest BCUT2D eigenvalue weighted by atomic mass is 9.93. The Hall–Kier alpha value is -2.72. The van der Waals surface area contributed by atoms with E-state index in [0.717, 1.165) is 17.5 Å². The van der Waals surface area contributed by atoms with E-state index in [1.807, 2.05) is 30.5 Å². The maximum Gasteiger partial charge on any atom is 0.243 e. The number of thiophene rings is 1. The number of sulfonamides is 1. The van der Waals surface area contributed by atoms with Gasteiger partial charge in [0.1, 0.15) is 0 Å². The average Bonchev–Trinajstić information content (AvgIpc) is 3.33. The van der Waals surface area contributed by atoms with Crippen molar-refractivity contribution in [3.63, 3.8) is 0 Å². The number of fused-ring (bicyclic) bond motifs is 1. The quantitative estimate of drug-likeness (QED) is 0.434. The number of carbonyl (C=O) groups is 2. The number of rotatable bonds is 8. The van der Waals surface area contributed by atoms with Gasteiger partial charge in [-0.25, -0.2) is 8.42 Å². The van der Waals surface area contributed by atoms with E-state index >= 15 is 0 Å². The number of anilines is 1. The molecule has 4 rings (SSSR count). The summed E-state index contributed by atoms with van der Waals surface area (Å²) in [4.78, 5) is 28.0. The molecule has 1 atom stereocenters. The van der Waals surface area contributed by atoms with Gasteiger partial charge in [0.25, 0.3) is 0 Å².